The van der Waals surface area contributed by atoms with Crippen LogP contribution in [0.5, 0.6) is 0 Å². The minimum atomic E-state index is 0.00367. The first-order valence-electron chi connectivity index (χ1n) is 4.55. The van der Waals surface area contributed by atoms with Gasteiger partial charge in [0.2, 0.25) is 5.91 Å². The zero-order valence-corrected chi connectivity index (χ0v) is 9.22. The summed E-state index contributed by atoms with van der Waals surface area (Å²) in [6.07, 6.45) is 3.23. The van der Waals surface area contributed by atoms with E-state index >= 15 is 0 Å². The number of alkyl halides is 1. The molecule has 0 aromatic carbocycles. The fourth-order valence-corrected chi connectivity index (χ4v) is 2.44. The first-order valence-corrected chi connectivity index (χ1v) is 5.86. The number of aromatic nitrogens is 1. The van der Waals surface area contributed by atoms with Crippen LogP contribution < -0.4 is 0 Å². The number of hydrogen-bond donors (Lipinski definition) is 0. The topological polar surface area (TPSA) is 33.2 Å². The number of rotatable bonds is 3. The quantitative estimate of drug-likeness (QED) is 0.738. The summed E-state index contributed by atoms with van der Waals surface area (Å²) in [5.41, 5.74) is 1.81. The van der Waals surface area contributed by atoms with Crippen molar-refractivity contribution in [1.82, 2.24) is 9.88 Å². The third kappa shape index (κ3) is 2.25. The van der Waals surface area contributed by atoms with Crippen LogP contribution in [0.15, 0.2) is 11.7 Å². The molecule has 1 atom stereocenters. The minimum Gasteiger partial charge on any atom is -0.341 e. The van der Waals surface area contributed by atoms with Crippen LogP contribution >= 0.6 is 22.9 Å². The van der Waals surface area contributed by atoms with E-state index in [1.54, 1.807) is 11.3 Å². The van der Waals surface area contributed by atoms with Crippen molar-refractivity contribution in [1.29, 1.82) is 0 Å². The predicted molar refractivity (Wildman–Crippen MR) is 56.7 cm³/mol. The van der Waals surface area contributed by atoms with Crippen molar-refractivity contribution in [3.8, 4) is 0 Å². The molecule has 2 rings (SSSR count). The highest BCUT2D eigenvalue weighted by Gasteiger charge is 2.27. The average Bonchev–Trinajstić information content (AvgIpc) is 2.72. The molecule has 1 aliphatic heterocycles. The summed E-state index contributed by atoms with van der Waals surface area (Å²) in [5.74, 6) is 0.175. The van der Waals surface area contributed by atoms with Gasteiger partial charge in [-0.2, -0.15) is 0 Å². The average molecular weight is 231 g/mol. The second kappa shape index (κ2) is 4.28. The lowest BCUT2D eigenvalue weighted by Gasteiger charge is -2.14. The molecule has 1 aliphatic rings. The van der Waals surface area contributed by atoms with Crippen molar-refractivity contribution in [2.45, 2.75) is 18.2 Å². The van der Waals surface area contributed by atoms with Crippen LogP contribution in [0, 0.1) is 0 Å². The van der Waals surface area contributed by atoms with Crippen molar-refractivity contribution < 1.29 is 4.79 Å². The van der Waals surface area contributed by atoms with Crippen molar-refractivity contribution in [2.75, 3.05) is 13.1 Å². The number of thiazole rings is 1. The van der Waals surface area contributed by atoms with Crippen LogP contribution in [-0.2, 0) is 11.2 Å². The van der Waals surface area contributed by atoms with E-state index in [4.69, 9.17) is 11.6 Å². The maximum atomic E-state index is 11.4. The van der Waals surface area contributed by atoms with Gasteiger partial charge in [0, 0.05) is 37.0 Å². The Kier molecular flexibility index (Phi) is 3.03. The smallest absolute Gasteiger partial charge is 0.224 e. The highest BCUT2D eigenvalue weighted by atomic mass is 35.5. The van der Waals surface area contributed by atoms with Gasteiger partial charge < -0.3 is 4.90 Å². The summed E-state index contributed by atoms with van der Waals surface area (Å²) in [6, 6.07) is 0. The monoisotopic (exact) mass is 230 g/mol. The summed E-state index contributed by atoms with van der Waals surface area (Å²) in [6.45, 7) is 1.46. The Morgan fingerprint density at radius 1 is 1.71 bits per heavy atom. The molecule has 0 bridgehead atoms. The molecule has 1 amide bonds. The van der Waals surface area contributed by atoms with Crippen molar-refractivity contribution in [2.24, 2.45) is 0 Å². The van der Waals surface area contributed by atoms with Gasteiger partial charge in [0.05, 0.1) is 10.9 Å². The molecule has 14 heavy (non-hydrogen) atoms. The van der Waals surface area contributed by atoms with Crippen molar-refractivity contribution in [3.63, 3.8) is 0 Å². The van der Waals surface area contributed by atoms with Crippen molar-refractivity contribution in [3.05, 3.63) is 16.6 Å². The Labute approximate surface area is 91.7 Å². The maximum absolute atomic E-state index is 11.4. The fraction of sp³-hybridized carbons (Fsp3) is 0.556. The van der Waals surface area contributed by atoms with E-state index in [1.807, 2.05) is 16.6 Å². The molecule has 1 saturated heterocycles. The van der Waals surface area contributed by atoms with Gasteiger partial charge in [0.15, 0.2) is 0 Å². The highest BCUT2D eigenvalue weighted by molar-refractivity contribution is 7.09. The zero-order valence-electron chi connectivity index (χ0n) is 7.65. The molecule has 1 fully saturated rings. The van der Waals surface area contributed by atoms with E-state index in [0.29, 0.717) is 13.0 Å². The number of halogens is 1. The lowest BCUT2D eigenvalue weighted by atomic mass is 10.3. The fourth-order valence-electron chi connectivity index (χ4n) is 1.55. The molecule has 2 heterocycles. The van der Waals surface area contributed by atoms with Gasteiger partial charge in [0.25, 0.3) is 0 Å². The normalized spacial score (nSPS) is 21.9. The standard InChI is InChI=1S/C9H11ClN2OS/c10-7-3-9(13)12(5-7)2-1-8-4-11-6-14-8/h4,6-7H,1-3,5H2. The maximum Gasteiger partial charge on any atom is 0.224 e. The van der Waals surface area contributed by atoms with Crippen LogP contribution in [0.25, 0.3) is 0 Å². The van der Waals surface area contributed by atoms with E-state index in [9.17, 15) is 4.79 Å². The number of carbonyl (C=O) groups excluding carboxylic acids is 1. The SMILES string of the molecule is O=C1CC(Cl)CN1CCc1cncs1. The number of likely N-dealkylation sites (tertiary alicyclic amines) is 1. The van der Waals surface area contributed by atoms with Crippen LogP contribution in [0.1, 0.15) is 11.3 Å². The van der Waals surface area contributed by atoms with E-state index in [1.165, 1.54) is 4.88 Å². The number of amides is 1. The van der Waals surface area contributed by atoms with Gasteiger partial charge in [-0.1, -0.05) is 0 Å². The van der Waals surface area contributed by atoms with E-state index in [2.05, 4.69) is 4.98 Å². The largest absolute Gasteiger partial charge is 0.341 e. The second-order valence-corrected chi connectivity index (χ2v) is 4.95. The zero-order chi connectivity index (χ0) is 9.97. The van der Waals surface area contributed by atoms with Crippen molar-refractivity contribution >= 4 is 28.8 Å². The van der Waals surface area contributed by atoms with Crippen LogP contribution in [0.4, 0.5) is 0 Å². The molecule has 0 saturated carbocycles. The van der Waals surface area contributed by atoms with Gasteiger partial charge in [0.1, 0.15) is 0 Å². The third-order valence-electron chi connectivity index (χ3n) is 2.28. The molecule has 0 N–H and O–H groups in total. The molecular weight excluding hydrogens is 220 g/mol. The Morgan fingerprint density at radius 3 is 3.14 bits per heavy atom. The minimum absolute atomic E-state index is 0.00367. The lowest BCUT2D eigenvalue weighted by molar-refractivity contribution is -0.127. The predicted octanol–water partition coefficient (Wildman–Crippen LogP) is 1.53. The molecule has 5 heteroatoms. The highest BCUT2D eigenvalue weighted by Crippen LogP contribution is 2.17. The number of hydrogen-bond acceptors (Lipinski definition) is 3. The summed E-state index contributed by atoms with van der Waals surface area (Å²) in [7, 11) is 0. The van der Waals surface area contributed by atoms with Gasteiger partial charge in [-0.3, -0.25) is 9.78 Å². The molecule has 1 aromatic heterocycles. The van der Waals surface area contributed by atoms with Crippen LogP contribution in [0.2, 0.25) is 0 Å². The van der Waals surface area contributed by atoms with Gasteiger partial charge in [-0.15, -0.1) is 22.9 Å². The second-order valence-electron chi connectivity index (χ2n) is 3.36. The Bertz CT molecular complexity index is 315. The first-order chi connectivity index (χ1) is 6.75. The molecule has 1 aromatic rings. The molecule has 3 nitrogen and oxygen atoms in total. The van der Waals surface area contributed by atoms with E-state index in [0.717, 1.165) is 13.0 Å². The molecule has 0 spiro atoms. The number of nitrogens with zero attached hydrogens (tertiary/aromatic N) is 2. The Morgan fingerprint density at radius 2 is 2.57 bits per heavy atom. The van der Waals surface area contributed by atoms with Crippen LogP contribution in [-0.4, -0.2) is 34.3 Å². The summed E-state index contributed by atoms with van der Waals surface area (Å²) >= 11 is 7.52. The van der Waals surface area contributed by atoms with E-state index in [-0.39, 0.29) is 11.3 Å². The summed E-state index contributed by atoms with van der Waals surface area (Å²) < 4.78 is 0. The summed E-state index contributed by atoms with van der Waals surface area (Å²) in [5, 5.41) is 0.00367. The van der Waals surface area contributed by atoms with Gasteiger partial charge in [-0.25, -0.2) is 0 Å². The molecule has 0 aliphatic carbocycles. The summed E-state index contributed by atoms with van der Waals surface area (Å²) in [4.78, 5) is 18.4. The lowest BCUT2D eigenvalue weighted by Crippen LogP contribution is -2.27. The van der Waals surface area contributed by atoms with E-state index < -0.39 is 0 Å². The molecule has 76 valence electrons. The Hall–Kier alpha value is -0.610. The third-order valence-corrected chi connectivity index (χ3v) is 3.41. The van der Waals surface area contributed by atoms with Crippen LogP contribution in [0.3, 0.4) is 0 Å². The molecule has 0 radical (unpaired) electrons. The molecule has 1 unspecified atom stereocenters. The van der Waals surface area contributed by atoms with Gasteiger partial charge >= 0.3 is 0 Å². The Balaban J connectivity index is 1.84. The van der Waals surface area contributed by atoms with Gasteiger partial charge in [-0.05, 0) is 0 Å². The molecular formula is C9H11ClN2OS. The first kappa shape index (κ1) is 9.93. The number of carbonyl (C=O) groups is 1.